The van der Waals surface area contributed by atoms with Gasteiger partial charge in [-0.3, -0.25) is 0 Å². The molecule has 0 radical (unpaired) electrons. The van der Waals surface area contributed by atoms with Crippen LogP contribution in [0, 0.1) is 5.92 Å². The van der Waals surface area contributed by atoms with Crippen molar-refractivity contribution >= 4 is 0 Å². The first-order valence-corrected chi connectivity index (χ1v) is 7.44. The normalized spacial score (nSPS) is 13.2. The maximum absolute atomic E-state index is 10.0. The molecule has 0 aliphatic rings. The van der Waals surface area contributed by atoms with Gasteiger partial charge in [0.1, 0.15) is 6.10 Å². The Morgan fingerprint density at radius 2 is 1.35 bits per heavy atom. The molecule has 0 aliphatic heterocycles. The van der Waals surface area contributed by atoms with Crippen molar-refractivity contribution in [2.24, 2.45) is 5.92 Å². The molecule has 1 rings (SSSR count). The Bertz CT molecular complexity index is 357. The zero-order chi connectivity index (χ0) is 15.0. The summed E-state index contributed by atoms with van der Waals surface area (Å²) in [5.74, 6) is 1.05. The standard InChI is InChI=1S/C17H28O3/c1-13(2)11-19-9-10-20-12-17(18)16-7-5-15(6-8-16)14(3)4/h5-8,13-14,17-18H,9-12H2,1-4H3. The highest BCUT2D eigenvalue weighted by Crippen LogP contribution is 2.18. The molecule has 1 N–H and O–H groups in total. The summed E-state index contributed by atoms with van der Waals surface area (Å²) in [6.07, 6.45) is -0.568. The number of hydrogen-bond acceptors (Lipinski definition) is 3. The molecule has 1 aromatic rings. The quantitative estimate of drug-likeness (QED) is 0.703. The van der Waals surface area contributed by atoms with Gasteiger partial charge in [-0.1, -0.05) is 52.0 Å². The molecular formula is C17H28O3. The summed E-state index contributed by atoms with van der Waals surface area (Å²) in [5, 5.41) is 10.0. The van der Waals surface area contributed by atoms with Crippen LogP contribution in [0.3, 0.4) is 0 Å². The van der Waals surface area contributed by atoms with E-state index in [1.54, 1.807) is 0 Å². The first-order valence-electron chi connectivity index (χ1n) is 7.44. The molecule has 0 heterocycles. The highest BCUT2D eigenvalue weighted by Gasteiger charge is 2.08. The van der Waals surface area contributed by atoms with Gasteiger partial charge in [0.15, 0.2) is 0 Å². The van der Waals surface area contributed by atoms with Gasteiger partial charge in [0, 0.05) is 6.61 Å². The van der Waals surface area contributed by atoms with Gasteiger partial charge in [-0.05, 0) is 23.0 Å². The Kier molecular flexibility index (Phi) is 7.82. The number of ether oxygens (including phenoxy) is 2. The average Bonchev–Trinajstić information content (AvgIpc) is 2.42. The fraction of sp³-hybridized carbons (Fsp3) is 0.647. The second-order valence-electron chi connectivity index (χ2n) is 5.88. The van der Waals surface area contributed by atoms with Gasteiger partial charge >= 0.3 is 0 Å². The number of aliphatic hydroxyl groups excluding tert-OH is 1. The summed E-state index contributed by atoms with van der Waals surface area (Å²) in [5.41, 5.74) is 2.18. The van der Waals surface area contributed by atoms with Crippen LogP contribution in [0.4, 0.5) is 0 Å². The van der Waals surface area contributed by atoms with E-state index < -0.39 is 6.10 Å². The summed E-state index contributed by atoms with van der Waals surface area (Å²) in [7, 11) is 0. The summed E-state index contributed by atoms with van der Waals surface area (Å²) >= 11 is 0. The zero-order valence-corrected chi connectivity index (χ0v) is 13.1. The highest BCUT2D eigenvalue weighted by molar-refractivity contribution is 5.26. The third kappa shape index (κ3) is 6.51. The molecule has 3 heteroatoms. The van der Waals surface area contributed by atoms with E-state index in [-0.39, 0.29) is 0 Å². The van der Waals surface area contributed by atoms with Crippen LogP contribution >= 0.6 is 0 Å². The number of aliphatic hydroxyl groups is 1. The zero-order valence-electron chi connectivity index (χ0n) is 13.1. The van der Waals surface area contributed by atoms with Gasteiger partial charge in [0.2, 0.25) is 0 Å². The lowest BCUT2D eigenvalue weighted by atomic mass is 10.0. The van der Waals surface area contributed by atoms with Crippen molar-refractivity contribution in [3.8, 4) is 0 Å². The summed E-state index contributed by atoms with van der Waals surface area (Å²) in [6, 6.07) is 8.07. The third-order valence-electron chi connectivity index (χ3n) is 3.09. The van der Waals surface area contributed by atoms with E-state index in [1.807, 2.05) is 12.1 Å². The molecule has 0 amide bonds. The highest BCUT2D eigenvalue weighted by atomic mass is 16.5. The Labute approximate surface area is 122 Å². The van der Waals surface area contributed by atoms with Crippen LogP contribution in [0.2, 0.25) is 0 Å². The number of rotatable bonds is 9. The first-order chi connectivity index (χ1) is 9.50. The van der Waals surface area contributed by atoms with E-state index in [4.69, 9.17) is 9.47 Å². The molecule has 1 aromatic carbocycles. The third-order valence-corrected chi connectivity index (χ3v) is 3.09. The summed E-state index contributed by atoms with van der Waals surface area (Å²) in [4.78, 5) is 0. The molecule has 20 heavy (non-hydrogen) atoms. The second kappa shape index (κ2) is 9.11. The van der Waals surface area contributed by atoms with Gasteiger partial charge in [-0.25, -0.2) is 0 Å². The van der Waals surface area contributed by atoms with E-state index in [0.29, 0.717) is 31.7 Å². The molecule has 0 bridgehead atoms. The molecule has 0 saturated carbocycles. The fourth-order valence-corrected chi connectivity index (χ4v) is 1.83. The van der Waals surface area contributed by atoms with Crippen LogP contribution in [0.25, 0.3) is 0 Å². The topological polar surface area (TPSA) is 38.7 Å². The van der Waals surface area contributed by atoms with Gasteiger partial charge in [0.05, 0.1) is 19.8 Å². The van der Waals surface area contributed by atoms with E-state index >= 15 is 0 Å². The van der Waals surface area contributed by atoms with Gasteiger partial charge in [-0.2, -0.15) is 0 Å². The molecule has 0 saturated heterocycles. The maximum Gasteiger partial charge on any atom is 0.102 e. The van der Waals surface area contributed by atoms with Crippen molar-refractivity contribution in [2.45, 2.75) is 39.7 Å². The smallest absolute Gasteiger partial charge is 0.102 e. The summed E-state index contributed by atoms with van der Waals surface area (Å²) < 4.78 is 10.9. The minimum Gasteiger partial charge on any atom is -0.386 e. The minimum atomic E-state index is -0.568. The predicted molar refractivity (Wildman–Crippen MR) is 82.0 cm³/mol. The lowest BCUT2D eigenvalue weighted by Gasteiger charge is -2.13. The van der Waals surface area contributed by atoms with Crippen molar-refractivity contribution in [3.63, 3.8) is 0 Å². The molecule has 3 nitrogen and oxygen atoms in total. The summed E-state index contributed by atoms with van der Waals surface area (Å²) in [6.45, 7) is 10.7. The minimum absolute atomic E-state index is 0.312. The lowest BCUT2D eigenvalue weighted by molar-refractivity contribution is -0.00122. The largest absolute Gasteiger partial charge is 0.386 e. The van der Waals surface area contributed by atoms with Crippen molar-refractivity contribution in [1.82, 2.24) is 0 Å². The average molecular weight is 280 g/mol. The van der Waals surface area contributed by atoms with Crippen LogP contribution in [-0.4, -0.2) is 31.5 Å². The van der Waals surface area contributed by atoms with E-state index in [0.717, 1.165) is 12.2 Å². The fourth-order valence-electron chi connectivity index (χ4n) is 1.83. The SMILES string of the molecule is CC(C)COCCOCC(O)c1ccc(C(C)C)cc1. The molecule has 114 valence electrons. The predicted octanol–water partition coefficient (Wildman–Crippen LogP) is 3.53. The van der Waals surface area contributed by atoms with Crippen LogP contribution in [0.1, 0.15) is 50.8 Å². The van der Waals surface area contributed by atoms with Crippen molar-refractivity contribution in [2.75, 3.05) is 26.4 Å². The van der Waals surface area contributed by atoms with E-state index in [2.05, 4.69) is 39.8 Å². The molecule has 0 aromatic heterocycles. The molecule has 1 unspecified atom stereocenters. The number of hydrogen-bond donors (Lipinski definition) is 1. The molecule has 0 spiro atoms. The maximum atomic E-state index is 10.0. The molecule has 1 atom stereocenters. The van der Waals surface area contributed by atoms with Crippen LogP contribution in [0.15, 0.2) is 24.3 Å². The van der Waals surface area contributed by atoms with Crippen molar-refractivity contribution in [1.29, 1.82) is 0 Å². The molecule has 0 aliphatic carbocycles. The Hall–Kier alpha value is -0.900. The second-order valence-corrected chi connectivity index (χ2v) is 5.88. The van der Waals surface area contributed by atoms with Crippen molar-refractivity contribution in [3.05, 3.63) is 35.4 Å². The van der Waals surface area contributed by atoms with Crippen LogP contribution in [-0.2, 0) is 9.47 Å². The van der Waals surface area contributed by atoms with Crippen LogP contribution in [0.5, 0.6) is 0 Å². The Balaban J connectivity index is 2.23. The monoisotopic (exact) mass is 280 g/mol. The van der Waals surface area contributed by atoms with E-state index in [9.17, 15) is 5.11 Å². The van der Waals surface area contributed by atoms with Crippen LogP contribution < -0.4 is 0 Å². The molecule has 0 fully saturated rings. The number of benzene rings is 1. The van der Waals surface area contributed by atoms with Gasteiger partial charge in [-0.15, -0.1) is 0 Å². The molecular weight excluding hydrogens is 252 g/mol. The Morgan fingerprint density at radius 3 is 1.85 bits per heavy atom. The first kappa shape index (κ1) is 17.2. The van der Waals surface area contributed by atoms with Crippen molar-refractivity contribution < 1.29 is 14.6 Å². The Morgan fingerprint density at radius 1 is 0.850 bits per heavy atom. The van der Waals surface area contributed by atoms with E-state index in [1.165, 1.54) is 5.56 Å². The van der Waals surface area contributed by atoms with Gasteiger partial charge < -0.3 is 14.6 Å². The van der Waals surface area contributed by atoms with Gasteiger partial charge in [0.25, 0.3) is 0 Å². The lowest BCUT2D eigenvalue weighted by Crippen LogP contribution is -2.12.